The molecule has 0 aliphatic carbocycles. The molecule has 1 N–H and O–H groups in total. The highest BCUT2D eigenvalue weighted by molar-refractivity contribution is 6.30. The van der Waals surface area contributed by atoms with Gasteiger partial charge in [0.15, 0.2) is 0 Å². The summed E-state index contributed by atoms with van der Waals surface area (Å²) in [4.78, 5) is 0. The standard InChI is InChI=1S/C16H20ClNO/c1-10-11(2)19-12(3)16(10)15(18-4)9-13-6-5-7-14(17)8-13/h5-8,15,18H,9H2,1-4H3. The van der Waals surface area contributed by atoms with E-state index < -0.39 is 0 Å². The van der Waals surface area contributed by atoms with Crippen LogP contribution in [0, 0.1) is 20.8 Å². The minimum atomic E-state index is 0.246. The summed E-state index contributed by atoms with van der Waals surface area (Å²) in [7, 11) is 1.98. The summed E-state index contributed by atoms with van der Waals surface area (Å²) >= 11 is 6.05. The minimum Gasteiger partial charge on any atom is -0.466 e. The van der Waals surface area contributed by atoms with Crippen molar-refractivity contribution in [3.8, 4) is 0 Å². The fourth-order valence-electron chi connectivity index (χ4n) is 2.57. The van der Waals surface area contributed by atoms with Crippen molar-refractivity contribution in [2.75, 3.05) is 7.05 Å². The maximum atomic E-state index is 6.05. The molecule has 0 radical (unpaired) electrons. The molecule has 0 fully saturated rings. The van der Waals surface area contributed by atoms with Crippen molar-refractivity contribution in [3.05, 3.63) is 57.5 Å². The predicted molar refractivity (Wildman–Crippen MR) is 79.9 cm³/mol. The molecule has 1 aromatic carbocycles. The molecule has 2 rings (SSSR count). The molecule has 102 valence electrons. The summed E-state index contributed by atoms with van der Waals surface area (Å²) in [5, 5.41) is 4.16. The highest BCUT2D eigenvalue weighted by Gasteiger charge is 2.20. The van der Waals surface area contributed by atoms with E-state index in [0.29, 0.717) is 0 Å². The second kappa shape index (κ2) is 5.81. The maximum absolute atomic E-state index is 6.05. The minimum absolute atomic E-state index is 0.246. The van der Waals surface area contributed by atoms with Gasteiger partial charge in [-0.25, -0.2) is 0 Å². The third kappa shape index (κ3) is 3.02. The maximum Gasteiger partial charge on any atom is 0.106 e. The van der Waals surface area contributed by atoms with Crippen molar-refractivity contribution < 1.29 is 4.42 Å². The lowest BCUT2D eigenvalue weighted by Crippen LogP contribution is -2.20. The van der Waals surface area contributed by atoms with Gasteiger partial charge in [-0.2, -0.15) is 0 Å². The zero-order chi connectivity index (χ0) is 14.0. The first-order valence-electron chi connectivity index (χ1n) is 6.51. The molecule has 0 aliphatic heterocycles. The van der Waals surface area contributed by atoms with Gasteiger partial charge in [-0.15, -0.1) is 0 Å². The van der Waals surface area contributed by atoms with Gasteiger partial charge >= 0.3 is 0 Å². The number of hydrogen-bond acceptors (Lipinski definition) is 2. The molecule has 19 heavy (non-hydrogen) atoms. The van der Waals surface area contributed by atoms with Crippen LogP contribution in [0.3, 0.4) is 0 Å². The molecule has 0 amide bonds. The number of halogens is 1. The number of benzene rings is 1. The SMILES string of the molecule is CNC(Cc1cccc(Cl)c1)c1c(C)oc(C)c1C. The molecule has 0 bridgehead atoms. The average molecular weight is 278 g/mol. The predicted octanol–water partition coefficient (Wildman–Crippen LogP) is 4.36. The van der Waals surface area contributed by atoms with Crippen LogP contribution in [0.5, 0.6) is 0 Å². The van der Waals surface area contributed by atoms with Gasteiger partial charge in [0.05, 0.1) is 0 Å². The van der Waals surface area contributed by atoms with E-state index in [2.05, 4.69) is 18.3 Å². The number of hydrogen-bond donors (Lipinski definition) is 1. The molecule has 3 heteroatoms. The highest BCUT2D eigenvalue weighted by atomic mass is 35.5. The molecule has 2 aromatic rings. The molecule has 2 nitrogen and oxygen atoms in total. The number of furan rings is 1. The molecule has 0 saturated heterocycles. The Bertz CT molecular complexity index is 574. The van der Waals surface area contributed by atoms with E-state index >= 15 is 0 Å². The summed E-state index contributed by atoms with van der Waals surface area (Å²) in [6.45, 7) is 6.15. The van der Waals surface area contributed by atoms with Crippen molar-refractivity contribution >= 4 is 11.6 Å². The molecule has 1 heterocycles. The number of nitrogens with one attached hydrogen (secondary N) is 1. The van der Waals surface area contributed by atoms with E-state index in [9.17, 15) is 0 Å². The van der Waals surface area contributed by atoms with Crippen molar-refractivity contribution in [2.24, 2.45) is 0 Å². The van der Waals surface area contributed by atoms with Crippen molar-refractivity contribution in [3.63, 3.8) is 0 Å². The van der Waals surface area contributed by atoms with Gasteiger partial charge in [0, 0.05) is 16.6 Å². The Morgan fingerprint density at radius 1 is 1.21 bits per heavy atom. The van der Waals surface area contributed by atoms with Gasteiger partial charge in [0.2, 0.25) is 0 Å². The largest absolute Gasteiger partial charge is 0.466 e. The summed E-state index contributed by atoms with van der Waals surface area (Å²) in [5.41, 5.74) is 3.73. The van der Waals surface area contributed by atoms with E-state index in [1.807, 2.05) is 39.1 Å². The first-order valence-corrected chi connectivity index (χ1v) is 6.89. The third-order valence-electron chi connectivity index (χ3n) is 3.64. The van der Waals surface area contributed by atoms with Gasteiger partial charge in [-0.3, -0.25) is 0 Å². The van der Waals surface area contributed by atoms with Gasteiger partial charge in [-0.05, 0) is 57.5 Å². The number of rotatable bonds is 4. The topological polar surface area (TPSA) is 25.2 Å². The van der Waals surface area contributed by atoms with E-state index in [0.717, 1.165) is 23.0 Å². The monoisotopic (exact) mass is 277 g/mol. The van der Waals surface area contributed by atoms with Crippen molar-refractivity contribution in [1.29, 1.82) is 0 Å². The van der Waals surface area contributed by atoms with Gasteiger partial charge in [0.1, 0.15) is 11.5 Å². The summed E-state index contributed by atoms with van der Waals surface area (Å²) in [5.74, 6) is 2.00. The second-order valence-electron chi connectivity index (χ2n) is 4.93. The molecule has 0 spiro atoms. The molecular weight excluding hydrogens is 258 g/mol. The highest BCUT2D eigenvalue weighted by Crippen LogP contribution is 2.29. The molecule has 1 atom stereocenters. The quantitative estimate of drug-likeness (QED) is 0.898. The van der Waals surface area contributed by atoms with Gasteiger partial charge in [0.25, 0.3) is 0 Å². The third-order valence-corrected chi connectivity index (χ3v) is 3.88. The van der Waals surface area contributed by atoms with Crippen LogP contribution in [-0.4, -0.2) is 7.05 Å². The Balaban J connectivity index is 2.30. The van der Waals surface area contributed by atoms with Gasteiger partial charge < -0.3 is 9.73 Å². The van der Waals surface area contributed by atoms with Crippen LogP contribution in [0.15, 0.2) is 28.7 Å². The summed E-state index contributed by atoms with van der Waals surface area (Å²) in [6.07, 6.45) is 0.901. The normalized spacial score (nSPS) is 12.7. The first-order chi connectivity index (χ1) is 9.02. The molecule has 1 unspecified atom stereocenters. The lowest BCUT2D eigenvalue weighted by atomic mass is 9.96. The van der Waals surface area contributed by atoms with Gasteiger partial charge in [-0.1, -0.05) is 23.7 Å². The number of aryl methyl sites for hydroxylation is 2. The fourth-order valence-corrected chi connectivity index (χ4v) is 2.78. The smallest absolute Gasteiger partial charge is 0.106 e. The second-order valence-corrected chi connectivity index (χ2v) is 5.36. The Hall–Kier alpha value is -1.25. The van der Waals surface area contributed by atoms with E-state index in [1.165, 1.54) is 16.7 Å². The van der Waals surface area contributed by atoms with E-state index in [4.69, 9.17) is 16.0 Å². The van der Waals surface area contributed by atoms with Crippen LogP contribution in [0.4, 0.5) is 0 Å². The molecule has 1 aromatic heterocycles. The van der Waals surface area contributed by atoms with Crippen LogP contribution in [0.2, 0.25) is 5.02 Å². The summed E-state index contributed by atoms with van der Waals surface area (Å²) in [6, 6.07) is 8.26. The van der Waals surface area contributed by atoms with Crippen LogP contribution < -0.4 is 5.32 Å². The van der Waals surface area contributed by atoms with E-state index in [1.54, 1.807) is 0 Å². The van der Waals surface area contributed by atoms with Crippen LogP contribution in [0.1, 0.15) is 34.3 Å². The van der Waals surface area contributed by atoms with Crippen LogP contribution in [0.25, 0.3) is 0 Å². The molecule has 0 saturated carbocycles. The Morgan fingerprint density at radius 3 is 2.47 bits per heavy atom. The fraction of sp³-hybridized carbons (Fsp3) is 0.375. The van der Waals surface area contributed by atoms with Crippen molar-refractivity contribution in [1.82, 2.24) is 5.32 Å². The average Bonchev–Trinajstić information content (AvgIpc) is 2.61. The Kier molecular flexibility index (Phi) is 4.33. The van der Waals surface area contributed by atoms with Crippen molar-refractivity contribution in [2.45, 2.75) is 33.2 Å². The van der Waals surface area contributed by atoms with Crippen LogP contribution in [-0.2, 0) is 6.42 Å². The molecule has 0 aliphatic rings. The Labute approximate surface area is 119 Å². The van der Waals surface area contributed by atoms with Crippen LogP contribution >= 0.6 is 11.6 Å². The zero-order valence-electron chi connectivity index (χ0n) is 11.9. The lowest BCUT2D eigenvalue weighted by molar-refractivity contribution is 0.489. The zero-order valence-corrected chi connectivity index (χ0v) is 12.6. The number of likely N-dealkylation sites (N-methyl/N-ethyl adjacent to an activating group) is 1. The van der Waals surface area contributed by atoms with E-state index in [-0.39, 0.29) is 6.04 Å². The Morgan fingerprint density at radius 2 is 1.95 bits per heavy atom. The lowest BCUT2D eigenvalue weighted by Gasteiger charge is -2.17. The molecular formula is C16H20ClNO. The summed E-state index contributed by atoms with van der Waals surface area (Å²) < 4.78 is 5.72. The first kappa shape index (κ1) is 14.2.